The first-order valence-corrected chi connectivity index (χ1v) is 12.1. The van der Waals surface area contributed by atoms with E-state index in [4.69, 9.17) is 9.73 Å². The average molecular weight is 555 g/mol. The topological polar surface area (TPSA) is 48.9 Å². The van der Waals surface area contributed by atoms with Gasteiger partial charge in [-0.2, -0.15) is 0 Å². The van der Waals surface area contributed by atoms with E-state index in [1.807, 2.05) is 11.3 Å². The molecule has 2 aromatic rings. The third kappa shape index (κ3) is 6.35. The zero-order valence-electron chi connectivity index (χ0n) is 18.6. The van der Waals surface area contributed by atoms with Crippen molar-refractivity contribution in [2.45, 2.75) is 38.6 Å². The van der Waals surface area contributed by atoms with Gasteiger partial charge in [0, 0.05) is 37.0 Å². The molecule has 0 spiro atoms. The maximum atomic E-state index is 5.61. The lowest BCUT2D eigenvalue weighted by Crippen LogP contribution is -2.40. The quantitative estimate of drug-likeness (QED) is 0.301. The highest BCUT2D eigenvalue weighted by Gasteiger charge is 2.31. The van der Waals surface area contributed by atoms with Crippen molar-refractivity contribution in [3.8, 4) is 5.75 Å². The van der Waals surface area contributed by atoms with Crippen LogP contribution in [0.3, 0.4) is 0 Å². The standard InChI is InChI=1S/C24H34N4OS.HI/c1-3-25-24(26-12-10-18-8-9-21-19(16-18)11-14-29-21)27-17-20-6-4-13-28(2)23(20)22-7-5-15-30-22;/h5,7-9,15-16,20,23H,3-4,6,10-14,17H2,1-2H3,(H2,25,26,27);1H. The van der Waals surface area contributed by atoms with Crippen molar-refractivity contribution in [2.24, 2.45) is 10.9 Å². The van der Waals surface area contributed by atoms with Gasteiger partial charge in [0.15, 0.2) is 5.96 Å². The van der Waals surface area contributed by atoms with Crippen molar-refractivity contribution in [1.82, 2.24) is 15.5 Å². The van der Waals surface area contributed by atoms with E-state index in [0.29, 0.717) is 12.0 Å². The molecule has 170 valence electrons. The molecule has 1 aromatic heterocycles. The monoisotopic (exact) mass is 554 g/mol. The summed E-state index contributed by atoms with van der Waals surface area (Å²) < 4.78 is 5.61. The molecule has 2 aliphatic heterocycles. The van der Waals surface area contributed by atoms with Gasteiger partial charge < -0.3 is 15.4 Å². The first kappa shape index (κ1) is 24.3. The molecule has 2 atom stereocenters. The van der Waals surface area contributed by atoms with Gasteiger partial charge in [0.2, 0.25) is 0 Å². The first-order valence-electron chi connectivity index (χ1n) is 11.2. The molecule has 31 heavy (non-hydrogen) atoms. The number of fused-ring (bicyclic) bond motifs is 1. The van der Waals surface area contributed by atoms with Crippen LogP contribution < -0.4 is 15.4 Å². The Morgan fingerprint density at radius 3 is 3.00 bits per heavy atom. The van der Waals surface area contributed by atoms with Crippen LogP contribution in [0.2, 0.25) is 0 Å². The first-order chi connectivity index (χ1) is 14.7. The van der Waals surface area contributed by atoms with Gasteiger partial charge in [-0.1, -0.05) is 18.2 Å². The van der Waals surface area contributed by atoms with Gasteiger partial charge in [0.1, 0.15) is 5.75 Å². The molecule has 1 saturated heterocycles. The summed E-state index contributed by atoms with van der Waals surface area (Å²) in [5.74, 6) is 2.55. The van der Waals surface area contributed by atoms with Crippen molar-refractivity contribution in [3.63, 3.8) is 0 Å². The summed E-state index contributed by atoms with van der Waals surface area (Å²) >= 11 is 1.87. The van der Waals surface area contributed by atoms with Crippen molar-refractivity contribution >= 4 is 41.3 Å². The normalized spacial score (nSPS) is 21.2. The third-order valence-corrected chi connectivity index (χ3v) is 7.07. The highest BCUT2D eigenvalue weighted by Crippen LogP contribution is 2.37. The second-order valence-corrected chi connectivity index (χ2v) is 9.26. The van der Waals surface area contributed by atoms with Crippen LogP contribution in [0.5, 0.6) is 5.75 Å². The highest BCUT2D eigenvalue weighted by molar-refractivity contribution is 14.0. The number of thiophene rings is 1. The Kier molecular flexibility index (Phi) is 9.47. The van der Waals surface area contributed by atoms with E-state index >= 15 is 0 Å². The van der Waals surface area contributed by atoms with E-state index in [0.717, 1.165) is 50.8 Å². The minimum absolute atomic E-state index is 0. The lowest BCUT2D eigenvalue weighted by Gasteiger charge is -2.38. The summed E-state index contributed by atoms with van der Waals surface area (Å²) in [6.07, 6.45) is 4.52. The zero-order chi connectivity index (χ0) is 20.8. The number of likely N-dealkylation sites (tertiary alicyclic amines) is 1. The lowest BCUT2D eigenvalue weighted by molar-refractivity contribution is 0.128. The number of nitrogens with zero attached hydrogens (tertiary/aromatic N) is 2. The van der Waals surface area contributed by atoms with Crippen molar-refractivity contribution in [2.75, 3.05) is 39.8 Å². The number of aliphatic imine (C=N–C) groups is 1. The number of nitrogens with one attached hydrogen (secondary N) is 2. The predicted molar refractivity (Wildman–Crippen MR) is 141 cm³/mol. The van der Waals surface area contributed by atoms with Gasteiger partial charge in [-0.25, -0.2) is 0 Å². The molecule has 3 heterocycles. The average Bonchev–Trinajstić information content (AvgIpc) is 3.43. The van der Waals surface area contributed by atoms with Crippen molar-refractivity contribution in [1.29, 1.82) is 0 Å². The summed E-state index contributed by atoms with van der Waals surface area (Å²) in [5.41, 5.74) is 2.70. The van der Waals surface area contributed by atoms with E-state index in [1.165, 1.54) is 35.4 Å². The van der Waals surface area contributed by atoms with Gasteiger partial charge >= 0.3 is 0 Å². The van der Waals surface area contributed by atoms with Crippen LogP contribution in [0.4, 0.5) is 0 Å². The number of piperidine rings is 1. The SMILES string of the molecule is CCNC(=NCC1CCCN(C)C1c1cccs1)NCCc1ccc2c(c1)CCO2.I. The summed E-state index contributed by atoms with van der Waals surface area (Å²) in [4.78, 5) is 8.95. The number of benzene rings is 1. The second kappa shape index (κ2) is 12.1. The molecule has 1 fully saturated rings. The minimum atomic E-state index is 0. The van der Waals surface area contributed by atoms with Gasteiger partial charge in [-0.05, 0) is 74.3 Å². The van der Waals surface area contributed by atoms with Crippen LogP contribution in [-0.4, -0.2) is 50.7 Å². The number of ether oxygens (including phenoxy) is 1. The Hall–Kier alpha value is -1.32. The van der Waals surface area contributed by atoms with Crippen LogP contribution in [0.25, 0.3) is 0 Å². The van der Waals surface area contributed by atoms with Crippen LogP contribution in [0.1, 0.15) is 41.8 Å². The molecule has 2 aliphatic rings. The molecule has 0 bridgehead atoms. The predicted octanol–water partition coefficient (Wildman–Crippen LogP) is 4.48. The molecule has 0 radical (unpaired) electrons. The van der Waals surface area contributed by atoms with E-state index in [-0.39, 0.29) is 24.0 Å². The third-order valence-electron chi connectivity index (χ3n) is 6.13. The molecule has 2 unspecified atom stereocenters. The van der Waals surface area contributed by atoms with Gasteiger partial charge in [-0.15, -0.1) is 35.3 Å². The Balaban J connectivity index is 0.00000272. The second-order valence-electron chi connectivity index (χ2n) is 8.28. The maximum Gasteiger partial charge on any atom is 0.191 e. The fourth-order valence-corrected chi connectivity index (χ4v) is 5.61. The molecule has 0 amide bonds. The summed E-state index contributed by atoms with van der Waals surface area (Å²) in [6, 6.07) is 11.5. The largest absolute Gasteiger partial charge is 0.493 e. The fourth-order valence-electron chi connectivity index (χ4n) is 4.63. The highest BCUT2D eigenvalue weighted by atomic mass is 127. The number of halogens is 1. The number of hydrogen-bond donors (Lipinski definition) is 2. The maximum absolute atomic E-state index is 5.61. The smallest absolute Gasteiger partial charge is 0.191 e. The Morgan fingerprint density at radius 2 is 2.19 bits per heavy atom. The van der Waals surface area contributed by atoms with Crippen molar-refractivity contribution < 1.29 is 4.74 Å². The molecule has 5 nitrogen and oxygen atoms in total. The minimum Gasteiger partial charge on any atom is -0.493 e. The number of guanidine groups is 1. The summed E-state index contributed by atoms with van der Waals surface area (Å²) in [5, 5.41) is 9.14. The van der Waals surface area contributed by atoms with E-state index in [1.54, 1.807) is 0 Å². The van der Waals surface area contributed by atoms with E-state index < -0.39 is 0 Å². The van der Waals surface area contributed by atoms with Crippen molar-refractivity contribution in [3.05, 3.63) is 51.7 Å². The molecule has 4 rings (SSSR count). The fraction of sp³-hybridized carbons (Fsp3) is 0.542. The molecule has 1 aromatic carbocycles. The van der Waals surface area contributed by atoms with Gasteiger partial charge in [0.25, 0.3) is 0 Å². The molecule has 2 N–H and O–H groups in total. The van der Waals surface area contributed by atoms with Crippen LogP contribution in [-0.2, 0) is 12.8 Å². The summed E-state index contributed by atoms with van der Waals surface area (Å²) in [6.45, 7) is 6.73. The van der Waals surface area contributed by atoms with Gasteiger partial charge in [-0.3, -0.25) is 9.89 Å². The molecule has 0 aliphatic carbocycles. The Morgan fingerprint density at radius 1 is 1.29 bits per heavy atom. The van der Waals surface area contributed by atoms with Gasteiger partial charge in [0.05, 0.1) is 6.61 Å². The molecule has 7 heteroatoms. The molecule has 0 saturated carbocycles. The molecular weight excluding hydrogens is 519 g/mol. The number of rotatable bonds is 7. The van der Waals surface area contributed by atoms with Crippen LogP contribution in [0.15, 0.2) is 40.7 Å². The Bertz CT molecular complexity index is 842. The van der Waals surface area contributed by atoms with E-state index in [9.17, 15) is 0 Å². The summed E-state index contributed by atoms with van der Waals surface area (Å²) in [7, 11) is 2.26. The Labute approximate surface area is 207 Å². The zero-order valence-corrected chi connectivity index (χ0v) is 21.7. The van der Waals surface area contributed by atoms with Crippen LogP contribution >= 0.6 is 35.3 Å². The molecular formula is C24H35IN4OS. The van der Waals surface area contributed by atoms with Crippen LogP contribution in [0, 0.1) is 5.92 Å². The lowest BCUT2D eigenvalue weighted by atomic mass is 9.88. The van der Waals surface area contributed by atoms with E-state index in [2.05, 4.69) is 65.2 Å². The number of hydrogen-bond acceptors (Lipinski definition) is 4.